The van der Waals surface area contributed by atoms with E-state index in [2.05, 4.69) is 10.0 Å². The number of hydrogen-bond acceptors (Lipinski definition) is 6. The molecule has 1 aromatic carbocycles. The van der Waals surface area contributed by atoms with Crippen molar-refractivity contribution in [2.75, 3.05) is 39.3 Å². The fraction of sp³-hybridized carbons (Fsp3) is 0.458. The van der Waals surface area contributed by atoms with E-state index in [1.54, 1.807) is 11.3 Å². The monoisotopic (exact) mass is 470 g/mol. The first-order valence-electron chi connectivity index (χ1n) is 11.4. The SMILES string of the molecule is O=C([C@@H]1CCCO1)N1CCN(CC(=O)N2N=C(c3ccc(Cl)cc3)C[C@@H]2c2ccco2)CC1. The molecule has 5 rings (SSSR count). The molecule has 2 amide bonds. The van der Waals surface area contributed by atoms with Gasteiger partial charge in [-0.25, -0.2) is 5.01 Å². The number of amides is 2. The Balaban J connectivity index is 1.24. The van der Waals surface area contributed by atoms with Gasteiger partial charge in [-0.1, -0.05) is 23.7 Å². The molecule has 0 unspecified atom stereocenters. The van der Waals surface area contributed by atoms with E-state index in [0.29, 0.717) is 50.0 Å². The average molecular weight is 471 g/mol. The lowest BCUT2D eigenvalue weighted by Crippen LogP contribution is -2.53. The number of carbonyl (C=O) groups excluding carboxylic acids is 2. The Morgan fingerprint density at radius 1 is 1.09 bits per heavy atom. The smallest absolute Gasteiger partial charge is 0.257 e. The summed E-state index contributed by atoms with van der Waals surface area (Å²) in [5, 5.41) is 6.88. The summed E-state index contributed by atoms with van der Waals surface area (Å²) in [4.78, 5) is 29.8. The van der Waals surface area contributed by atoms with Gasteiger partial charge in [-0.05, 0) is 42.7 Å². The Morgan fingerprint density at radius 2 is 1.88 bits per heavy atom. The van der Waals surface area contributed by atoms with E-state index < -0.39 is 0 Å². The third kappa shape index (κ3) is 4.83. The van der Waals surface area contributed by atoms with Crippen molar-refractivity contribution in [3.63, 3.8) is 0 Å². The molecule has 0 saturated carbocycles. The summed E-state index contributed by atoms with van der Waals surface area (Å²) >= 11 is 6.03. The highest BCUT2D eigenvalue weighted by Gasteiger charge is 2.36. The van der Waals surface area contributed by atoms with Crippen LogP contribution in [0.15, 0.2) is 52.2 Å². The maximum absolute atomic E-state index is 13.3. The second-order valence-electron chi connectivity index (χ2n) is 8.63. The molecule has 4 heterocycles. The fourth-order valence-corrected chi connectivity index (χ4v) is 4.75. The minimum absolute atomic E-state index is 0.0770. The Hall–Kier alpha value is -2.68. The average Bonchev–Trinajstić information content (AvgIpc) is 3.61. The van der Waals surface area contributed by atoms with Crippen molar-refractivity contribution >= 4 is 29.1 Å². The van der Waals surface area contributed by atoms with Gasteiger partial charge in [0.05, 0.1) is 18.5 Å². The van der Waals surface area contributed by atoms with E-state index in [0.717, 1.165) is 24.1 Å². The van der Waals surface area contributed by atoms with Crippen LogP contribution in [0.25, 0.3) is 0 Å². The maximum atomic E-state index is 13.3. The van der Waals surface area contributed by atoms with Gasteiger partial charge in [0.15, 0.2) is 0 Å². The summed E-state index contributed by atoms with van der Waals surface area (Å²) in [7, 11) is 0. The second kappa shape index (κ2) is 9.67. The van der Waals surface area contributed by atoms with Crippen LogP contribution in [0.2, 0.25) is 5.02 Å². The molecule has 0 spiro atoms. The highest BCUT2D eigenvalue weighted by atomic mass is 35.5. The summed E-state index contributed by atoms with van der Waals surface area (Å²) in [6.07, 6.45) is 3.63. The standard InChI is InChI=1S/C24H27ClN4O4/c25-18-7-5-17(6-8-18)19-15-20(21-3-1-13-32-21)29(26-19)23(30)16-27-9-11-28(12-10-27)24(31)22-4-2-14-33-22/h1,3,5-8,13,20,22H,2,4,9-12,14-16H2/t20-,22+/m1/s1. The summed E-state index contributed by atoms with van der Waals surface area (Å²) in [5.74, 6) is 0.704. The van der Waals surface area contributed by atoms with Gasteiger partial charge in [0, 0.05) is 44.2 Å². The molecule has 2 fully saturated rings. The molecule has 33 heavy (non-hydrogen) atoms. The molecule has 2 aromatic rings. The van der Waals surface area contributed by atoms with Crippen LogP contribution in [-0.2, 0) is 14.3 Å². The van der Waals surface area contributed by atoms with Gasteiger partial charge in [0.2, 0.25) is 0 Å². The van der Waals surface area contributed by atoms with Crippen LogP contribution in [0.5, 0.6) is 0 Å². The van der Waals surface area contributed by atoms with Crippen molar-refractivity contribution in [3.05, 3.63) is 59.0 Å². The zero-order valence-electron chi connectivity index (χ0n) is 18.4. The van der Waals surface area contributed by atoms with E-state index >= 15 is 0 Å². The van der Waals surface area contributed by atoms with E-state index in [9.17, 15) is 9.59 Å². The van der Waals surface area contributed by atoms with Gasteiger partial charge in [-0.3, -0.25) is 14.5 Å². The number of piperazine rings is 1. The van der Waals surface area contributed by atoms with Gasteiger partial charge in [0.1, 0.15) is 17.9 Å². The normalized spacial score (nSPS) is 23.7. The highest BCUT2D eigenvalue weighted by Crippen LogP contribution is 2.33. The number of hydrogen-bond donors (Lipinski definition) is 0. The molecule has 9 heteroatoms. The van der Waals surface area contributed by atoms with E-state index in [-0.39, 0.29) is 30.5 Å². The van der Waals surface area contributed by atoms with Crippen molar-refractivity contribution in [1.82, 2.24) is 14.8 Å². The molecule has 174 valence electrons. The van der Waals surface area contributed by atoms with Crippen molar-refractivity contribution in [2.24, 2.45) is 5.10 Å². The van der Waals surface area contributed by atoms with Crippen LogP contribution in [0.1, 0.15) is 36.6 Å². The number of halogens is 1. The molecule has 2 atom stereocenters. The van der Waals surface area contributed by atoms with Crippen molar-refractivity contribution in [1.29, 1.82) is 0 Å². The highest BCUT2D eigenvalue weighted by molar-refractivity contribution is 6.30. The second-order valence-corrected chi connectivity index (χ2v) is 9.07. The van der Waals surface area contributed by atoms with Crippen LogP contribution >= 0.6 is 11.6 Å². The van der Waals surface area contributed by atoms with Crippen LogP contribution < -0.4 is 0 Å². The molecule has 0 bridgehead atoms. The molecular weight excluding hydrogens is 444 g/mol. The van der Waals surface area contributed by atoms with Gasteiger partial charge in [-0.15, -0.1) is 0 Å². The Kier molecular flexibility index (Phi) is 6.48. The van der Waals surface area contributed by atoms with Crippen molar-refractivity contribution in [3.8, 4) is 0 Å². The quantitative estimate of drug-likeness (QED) is 0.671. The largest absolute Gasteiger partial charge is 0.467 e. The Labute approximate surface area is 197 Å². The van der Waals surface area contributed by atoms with Crippen molar-refractivity contribution in [2.45, 2.75) is 31.4 Å². The predicted octanol–water partition coefficient (Wildman–Crippen LogP) is 2.93. The summed E-state index contributed by atoms with van der Waals surface area (Å²) in [6.45, 7) is 3.42. The molecule has 0 aliphatic carbocycles. The number of ether oxygens (including phenoxy) is 1. The van der Waals surface area contributed by atoms with Gasteiger partial charge in [0.25, 0.3) is 11.8 Å². The zero-order chi connectivity index (χ0) is 22.8. The number of carbonyl (C=O) groups is 2. The first kappa shape index (κ1) is 22.1. The van der Waals surface area contributed by atoms with Gasteiger partial charge >= 0.3 is 0 Å². The number of hydrazone groups is 1. The summed E-state index contributed by atoms with van der Waals surface area (Å²) < 4.78 is 11.2. The molecular formula is C24H27ClN4O4. The third-order valence-corrected chi connectivity index (χ3v) is 6.71. The van der Waals surface area contributed by atoms with Gasteiger partial charge < -0.3 is 14.1 Å². The molecule has 8 nitrogen and oxygen atoms in total. The lowest BCUT2D eigenvalue weighted by atomic mass is 10.0. The molecule has 3 aliphatic heterocycles. The Morgan fingerprint density at radius 3 is 2.55 bits per heavy atom. The van der Waals surface area contributed by atoms with Crippen molar-refractivity contribution < 1.29 is 18.7 Å². The van der Waals surface area contributed by atoms with Crippen LogP contribution in [-0.4, -0.2) is 77.8 Å². The number of rotatable bonds is 5. The maximum Gasteiger partial charge on any atom is 0.257 e. The lowest BCUT2D eigenvalue weighted by molar-refractivity contribution is -0.143. The molecule has 1 aromatic heterocycles. The number of furan rings is 1. The summed E-state index contributed by atoms with van der Waals surface area (Å²) in [6, 6.07) is 10.9. The molecule has 2 saturated heterocycles. The topological polar surface area (TPSA) is 78.6 Å². The lowest BCUT2D eigenvalue weighted by Gasteiger charge is -2.36. The molecule has 0 N–H and O–H groups in total. The molecule has 3 aliphatic rings. The minimum atomic E-state index is -0.294. The zero-order valence-corrected chi connectivity index (χ0v) is 19.1. The first-order chi connectivity index (χ1) is 16.1. The summed E-state index contributed by atoms with van der Waals surface area (Å²) in [5.41, 5.74) is 1.76. The van der Waals surface area contributed by atoms with E-state index in [1.807, 2.05) is 41.3 Å². The fourth-order valence-electron chi connectivity index (χ4n) is 4.63. The first-order valence-corrected chi connectivity index (χ1v) is 11.8. The van der Waals surface area contributed by atoms with Crippen LogP contribution in [0.3, 0.4) is 0 Å². The Bertz CT molecular complexity index is 1010. The van der Waals surface area contributed by atoms with E-state index in [1.165, 1.54) is 0 Å². The van der Waals surface area contributed by atoms with Crippen LogP contribution in [0.4, 0.5) is 0 Å². The van der Waals surface area contributed by atoms with E-state index in [4.69, 9.17) is 20.8 Å². The minimum Gasteiger partial charge on any atom is -0.467 e. The van der Waals surface area contributed by atoms with Gasteiger partial charge in [-0.2, -0.15) is 5.10 Å². The predicted molar refractivity (Wildman–Crippen MR) is 123 cm³/mol. The third-order valence-electron chi connectivity index (χ3n) is 6.46. The van der Waals surface area contributed by atoms with Crippen LogP contribution in [0, 0.1) is 0 Å². The number of benzene rings is 1. The number of nitrogens with zero attached hydrogens (tertiary/aromatic N) is 4. The molecule has 0 radical (unpaired) electrons.